The molecule has 0 aromatic carbocycles. The Kier molecular flexibility index (Phi) is 3.21. The minimum absolute atomic E-state index is 0.545. The Bertz CT molecular complexity index is 235. The van der Waals surface area contributed by atoms with Gasteiger partial charge in [-0.15, -0.1) is 0 Å². The van der Waals surface area contributed by atoms with Gasteiger partial charge in [0.1, 0.15) is 0 Å². The lowest BCUT2D eigenvalue weighted by Crippen LogP contribution is -2.43. The van der Waals surface area contributed by atoms with E-state index < -0.39 is 0 Å². The number of nitrogens with one attached hydrogen (secondary N) is 1. The Morgan fingerprint density at radius 3 is 2.62 bits per heavy atom. The summed E-state index contributed by atoms with van der Waals surface area (Å²) < 4.78 is 5.87. The highest BCUT2D eigenvalue weighted by molar-refractivity contribution is 4.94. The fourth-order valence-corrected chi connectivity index (χ4v) is 3.34. The highest BCUT2D eigenvalue weighted by atomic mass is 16.5. The lowest BCUT2D eigenvalue weighted by atomic mass is 9.81. The number of hydrogen-bond donors (Lipinski definition) is 1. The summed E-state index contributed by atoms with van der Waals surface area (Å²) >= 11 is 0. The Labute approximate surface area is 99.1 Å². The molecule has 0 spiro atoms. The molecule has 92 valence electrons. The minimum atomic E-state index is 0.545. The van der Waals surface area contributed by atoms with Crippen molar-refractivity contribution in [3.8, 4) is 0 Å². The third kappa shape index (κ3) is 2.43. The fourth-order valence-electron chi connectivity index (χ4n) is 3.34. The summed E-state index contributed by atoms with van der Waals surface area (Å²) in [5.74, 6) is 1.90. The average molecular weight is 223 g/mol. The molecule has 1 N–H and O–H groups in total. The van der Waals surface area contributed by atoms with E-state index in [2.05, 4.69) is 12.2 Å². The van der Waals surface area contributed by atoms with Crippen LogP contribution in [-0.2, 0) is 4.74 Å². The normalized spacial score (nSPS) is 37.3. The summed E-state index contributed by atoms with van der Waals surface area (Å²) in [6, 6.07) is 1.35. The number of rotatable bonds is 5. The van der Waals surface area contributed by atoms with Gasteiger partial charge in [-0.2, -0.15) is 0 Å². The highest BCUT2D eigenvalue weighted by Gasteiger charge is 2.40. The molecule has 0 aromatic heterocycles. The molecule has 0 amide bonds. The van der Waals surface area contributed by atoms with Crippen LogP contribution in [0.4, 0.5) is 0 Å². The molecule has 3 unspecified atom stereocenters. The summed E-state index contributed by atoms with van der Waals surface area (Å²) in [5, 5.41) is 3.82. The van der Waals surface area contributed by atoms with Crippen molar-refractivity contribution >= 4 is 0 Å². The second-order valence-corrected chi connectivity index (χ2v) is 6.17. The highest BCUT2D eigenvalue weighted by Crippen LogP contribution is 2.39. The van der Waals surface area contributed by atoms with Crippen molar-refractivity contribution in [2.24, 2.45) is 11.8 Å². The van der Waals surface area contributed by atoms with Crippen molar-refractivity contribution in [2.45, 2.75) is 70.1 Å². The van der Waals surface area contributed by atoms with Gasteiger partial charge in [-0.05, 0) is 44.4 Å². The first-order chi connectivity index (χ1) is 7.83. The summed E-state index contributed by atoms with van der Waals surface area (Å²) in [6.45, 7) is 3.34. The van der Waals surface area contributed by atoms with Crippen LogP contribution < -0.4 is 5.32 Å². The van der Waals surface area contributed by atoms with Crippen molar-refractivity contribution < 1.29 is 4.74 Å². The molecule has 0 bridgehead atoms. The third-order valence-corrected chi connectivity index (χ3v) is 4.63. The topological polar surface area (TPSA) is 21.3 Å². The van der Waals surface area contributed by atoms with Crippen molar-refractivity contribution in [3.63, 3.8) is 0 Å². The Morgan fingerprint density at radius 2 is 2.00 bits per heavy atom. The maximum atomic E-state index is 5.87. The molecule has 1 aliphatic heterocycles. The molecule has 16 heavy (non-hydrogen) atoms. The van der Waals surface area contributed by atoms with E-state index in [0.29, 0.717) is 18.2 Å². The van der Waals surface area contributed by atoms with Gasteiger partial charge in [0.25, 0.3) is 0 Å². The summed E-state index contributed by atoms with van der Waals surface area (Å²) in [5.41, 5.74) is 0. The van der Waals surface area contributed by atoms with E-state index in [-0.39, 0.29) is 0 Å². The fraction of sp³-hybridized carbons (Fsp3) is 1.00. The van der Waals surface area contributed by atoms with Crippen LogP contribution in [0.1, 0.15) is 51.9 Å². The molecule has 0 aromatic rings. The van der Waals surface area contributed by atoms with Crippen molar-refractivity contribution in [3.05, 3.63) is 0 Å². The Balaban J connectivity index is 1.44. The molecule has 1 saturated heterocycles. The Morgan fingerprint density at radius 1 is 1.19 bits per heavy atom. The smallest absolute Gasteiger partial charge is 0.0757 e. The molecule has 3 rings (SSSR count). The van der Waals surface area contributed by atoms with Gasteiger partial charge >= 0.3 is 0 Å². The van der Waals surface area contributed by atoms with E-state index >= 15 is 0 Å². The molecule has 0 radical (unpaired) electrons. The molecule has 3 fully saturated rings. The second kappa shape index (κ2) is 4.66. The van der Waals surface area contributed by atoms with Crippen molar-refractivity contribution in [2.75, 3.05) is 6.61 Å². The van der Waals surface area contributed by atoms with E-state index in [0.717, 1.165) is 18.4 Å². The summed E-state index contributed by atoms with van der Waals surface area (Å²) in [6.07, 6.45) is 10.4. The SMILES string of the molecule is CC(CC1CCC1)NC1CCOC1C1CC1. The van der Waals surface area contributed by atoms with Crippen LogP contribution in [0, 0.1) is 11.8 Å². The molecule has 2 nitrogen and oxygen atoms in total. The van der Waals surface area contributed by atoms with Crippen LogP contribution in [0.5, 0.6) is 0 Å². The molecule has 2 heteroatoms. The molecule has 2 saturated carbocycles. The molecule has 1 heterocycles. The minimum Gasteiger partial charge on any atom is -0.376 e. The van der Waals surface area contributed by atoms with E-state index in [4.69, 9.17) is 4.74 Å². The van der Waals surface area contributed by atoms with Gasteiger partial charge < -0.3 is 10.1 Å². The van der Waals surface area contributed by atoms with E-state index in [1.165, 1.54) is 44.9 Å². The Hall–Kier alpha value is -0.0800. The predicted octanol–water partition coefficient (Wildman–Crippen LogP) is 2.72. The van der Waals surface area contributed by atoms with Gasteiger partial charge in [0, 0.05) is 18.7 Å². The van der Waals surface area contributed by atoms with Crippen LogP contribution in [0.3, 0.4) is 0 Å². The van der Waals surface area contributed by atoms with Gasteiger partial charge in [0.15, 0.2) is 0 Å². The molecule has 2 aliphatic carbocycles. The van der Waals surface area contributed by atoms with Crippen LogP contribution in [-0.4, -0.2) is 24.8 Å². The van der Waals surface area contributed by atoms with Crippen LogP contribution in [0.15, 0.2) is 0 Å². The first-order valence-electron chi connectivity index (χ1n) is 7.20. The lowest BCUT2D eigenvalue weighted by molar-refractivity contribution is 0.0780. The van der Waals surface area contributed by atoms with Crippen molar-refractivity contribution in [1.82, 2.24) is 5.32 Å². The van der Waals surface area contributed by atoms with Gasteiger partial charge in [-0.25, -0.2) is 0 Å². The van der Waals surface area contributed by atoms with E-state index in [1.54, 1.807) is 0 Å². The zero-order chi connectivity index (χ0) is 11.0. The predicted molar refractivity (Wildman–Crippen MR) is 65.4 cm³/mol. The van der Waals surface area contributed by atoms with Gasteiger partial charge in [0.05, 0.1) is 6.10 Å². The zero-order valence-electron chi connectivity index (χ0n) is 10.5. The molecular weight excluding hydrogens is 198 g/mol. The first kappa shape index (κ1) is 11.0. The van der Waals surface area contributed by atoms with Crippen LogP contribution in [0.25, 0.3) is 0 Å². The van der Waals surface area contributed by atoms with E-state index in [1.807, 2.05) is 0 Å². The lowest BCUT2D eigenvalue weighted by Gasteiger charge is -2.31. The van der Waals surface area contributed by atoms with Crippen LogP contribution >= 0.6 is 0 Å². The van der Waals surface area contributed by atoms with Crippen LogP contribution in [0.2, 0.25) is 0 Å². The zero-order valence-corrected chi connectivity index (χ0v) is 10.5. The van der Waals surface area contributed by atoms with E-state index in [9.17, 15) is 0 Å². The molecule has 3 atom stereocenters. The maximum Gasteiger partial charge on any atom is 0.0757 e. The monoisotopic (exact) mass is 223 g/mol. The molecular formula is C14H25NO. The maximum absolute atomic E-state index is 5.87. The quantitative estimate of drug-likeness (QED) is 0.774. The standard InChI is InChI=1S/C14H25NO/c1-10(9-11-3-2-4-11)15-13-7-8-16-14(13)12-5-6-12/h10-15H,2-9H2,1H3. The number of ether oxygens (including phenoxy) is 1. The van der Waals surface area contributed by atoms with Gasteiger partial charge in [0.2, 0.25) is 0 Å². The van der Waals surface area contributed by atoms with Crippen molar-refractivity contribution in [1.29, 1.82) is 0 Å². The third-order valence-electron chi connectivity index (χ3n) is 4.63. The summed E-state index contributed by atoms with van der Waals surface area (Å²) in [4.78, 5) is 0. The second-order valence-electron chi connectivity index (χ2n) is 6.17. The first-order valence-corrected chi connectivity index (χ1v) is 7.20. The summed E-state index contributed by atoms with van der Waals surface area (Å²) in [7, 11) is 0. The van der Waals surface area contributed by atoms with Gasteiger partial charge in [-0.3, -0.25) is 0 Å². The largest absolute Gasteiger partial charge is 0.376 e. The number of hydrogen-bond acceptors (Lipinski definition) is 2. The molecule has 3 aliphatic rings. The average Bonchev–Trinajstić information content (AvgIpc) is 2.95. The van der Waals surface area contributed by atoms with Gasteiger partial charge in [-0.1, -0.05) is 19.3 Å².